The molecule has 1 amide bonds. The Morgan fingerprint density at radius 2 is 2.12 bits per heavy atom. The van der Waals surface area contributed by atoms with Crippen LogP contribution in [-0.4, -0.2) is 49.7 Å². The van der Waals surface area contributed by atoms with Gasteiger partial charge in [-0.15, -0.1) is 0 Å². The third-order valence-electron chi connectivity index (χ3n) is 3.22. The van der Waals surface area contributed by atoms with E-state index >= 15 is 0 Å². The fraction of sp³-hybridized carbons (Fsp3) is 0.357. The standard InChI is InChI=1S/C14H13Br2NO5S2/c1-2-22-7-3-6(10(15)11(16)12(7)20)4-8-13(21)17(5-9(18)19)14(23)24-8/h3,8,20H,2,4-5H2,1H3,(H,18,19). The fourth-order valence-corrected chi connectivity index (χ4v) is 4.60. The van der Waals surface area contributed by atoms with Gasteiger partial charge >= 0.3 is 5.97 Å². The summed E-state index contributed by atoms with van der Waals surface area (Å²) in [7, 11) is 0. The highest BCUT2D eigenvalue weighted by molar-refractivity contribution is 9.13. The van der Waals surface area contributed by atoms with Crippen molar-refractivity contribution < 1.29 is 24.5 Å². The van der Waals surface area contributed by atoms with Crippen LogP contribution in [0.15, 0.2) is 15.0 Å². The number of amides is 1. The molecule has 2 rings (SSSR count). The van der Waals surface area contributed by atoms with E-state index < -0.39 is 17.8 Å². The first kappa shape index (κ1) is 19.5. The summed E-state index contributed by atoms with van der Waals surface area (Å²) in [6, 6.07) is 1.66. The van der Waals surface area contributed by atoms with Crippen molar-refractivity contribution in [3.05, 3.63) is 20.6 Å². The maximum absolute atomic E-state index is 12.4. The number of halogens is 2. The van der Waals surface area contributed by atoms with Crippen LogP contribution in [0.1, 0.15) is 12.5 Å². The topological polar surface area (TPSA) is 87.1 Å². The summed E-state index contributed by atoms with van der Waals surface area (Å²) in [5.74, 6) is -1.16. The highest BCUT2D eigenvalue weighted by atomic mass is 79.9. The number of carboxylic acid groups (broad SMARTS) is 1. The lowest BCUT2D eigenvalue weighted by Crippen LogP contribution is -2.36. The van der Waals surface area contributed by atoms with Gasteiger partial charge in [0.05, 0.1) is 16.3 Å². The lowest BCUT2D eigenvalue weighted by atomic mass is 10.1. The van der Waals surface area contributed by atoms with E-state index in [9.17, 15) is 14.7 Å². The minimum absolute atomic E-state index is 0.0269. The molecule has 10 heteroatoms. The molecule has 1 fully saturated rings. The van der Waals surface area contributed by atoms with Crippen molar-refractivity contribution in [2.75, 3.05) is 13.2 Å². The van der Waals surface area contributed by atoms with Gasteiger partial charge in [0.25, 0.3) is 0 Å². The van der Waals surface area contributed by atoms with Crippen LogP contribution in [0.5, 0.6) is 11.5 Å². The molecule has 1 aliphatic rings. The average Bonchev–Trinajstić information content (AvgIpc) is 2.77. The number of hydrogen-bond acceptors (Lipinski definition) is 6. The number of phenolic OH excluding ortho intramolecular Hbond substituents is 1. The molecule has 2 N–H and O–H groups in total. The predicted molar refractivity (Wildman–Crippen MR) is 102 cm³/mol. The summed E-state index contributed by atoms with van der Waals surface area (Å²) in [4.78, 5) is 24.3. The molecular weight excluding hydrogens is 486 g/mol. The van der Waals surface area contributed by atoms with Crippen molar-refractivity contribution in [1.29, 1.82) is 0 Å². The Labute approximate surface area is 164 Å². The summed E-state index contributed by atoms with van der Waals surface area (Å²) in [5, 5.41) is 18.4. The van der Waals surface area contributed by atoms with E-state index in [1.54, 1.807) is 13.0 Å². The number of carbonyl (C=O) groups is 2. The molecule has 0 aliphatic carbocycles. The average molecular weight is 499 g/mol. The van der Waals surface area contributed by atoms with Gasteiger partial charge in [-0.25, -0.2) is 0 Å². The first-order valence-electron chi connectivity index (χ1n) is 6.82. The summed E-state index contributed by atoms with van der Waals surface area (Å²) in [6.45, 7) is 1.74. The summed E-state index contributed by atoms with van der Waals surface area (Å²) in [5.41, 5.74) is 0.744. The third kappa shape index (κ3) is 4.04. The third-order valence-corrected chi connectivity index (χ3v) is 7.02. The monoisotopic (exact) mass is 497 g/mol. The molecule has 0 aromatic heterocycles. The van der Waals surface area contributed by atoms with Crippen LogP contribution in [0.4, 0.5) is 0 Å². The van der Waals surface area contributed by atoms with Crippen molar-refractivity contribution in [2.45, 2.75) is 18.6 Å². The molecule has 130 valence electrons. The van der Waals surface area contributed by atoms with Crippen molar-refractivity contribution in [3.63, 3.8) is 0 Å². The Morgan fingerprint density at radius 1 is 1.46 bits per heavy atom. The van der Waals surface area contributed by atoms with Gasteiger partial charge in [0, 0.05) is 4.47 Å². The van der Waals surface area contributed by atoms with Gasteiger partial charge < -0.3 is 14.9 Å². The number of thioether (sulfide) groups is 1. The zero-order chi connectivity index (χ0) is 18.0. The van der Waals surface area contributed by atoms with Gasteiger partial charge in [-0.05, 0) is 56.8 Å². The minimum atomic E-state index is -1.11. The first-order valence-corrected chi connectivity index (χ1v) is 9.70. The second kappa shape index (κ2) is 8.03. The van der Waals surface area contributed by atoms with Gasteiger partial charge in [-0.2, -0.15) is 0 Å². The number of rotatable bonds is 6. The van der Waals surface area contributed by atoms with E-state index in [2.05, 4.69) is 31.9 Å². The number of aliphatic carboxylic acids is 1. The summed E-state index contributed by atoms with van der Waals surface area (Å²) < 4.78 is 6.69. The normalized spacial score (nSPS) is 17.5. The molecule has 1 aliphatic heterocycles. The fourth-order valence-electron chi connectivity index (χ4n) is 2.16. The molecule has 1 atom stereocenters. The zero-order valence-electron chi connectivity index (χ0n) is 12.4. The van der Waals surface area contributed by atoms with Crippen LogP contribution in [0.3, 0.4) is 0 Å². The van der Waals surface area contributed by atoms with Gasteiger partial charge in [-0.1, -0.05) is 24.0 Å². The minimum Gasteiger partial charge on any atom is -0.503 e. The molecule has 6 nitrogen and oxygen atoms in total. The molecule has 0 saturated carbocycles. The van der Waals surface area contributed by atoms with Crippen LogP contribution >= 0.6 is 55.8 Å². The molecule has 24 heavy (non-hydrogen) atoms. The van der Waals surface area contributed by atoms with Crippen LogP contribution in [-0.2, 0) is 16.0 Å². The number of thiocarbonyl (C=S) groups is 1. The van der Waals surface area contributed by atoms with Crippen molar-refractivity contribution >= 4 is 72.0 Å². The van der Waals surface area contributed by atoms with Gasteiger partial charge in [0.1, 0.15) is 10.9 Å². The summed E-state index contributed by atoms with van der Waals surface area (Å²) in [6.07, 6.45) is 0.319. The van der Waals surface area contributed by atoms with E-state index in [4.69, 9.17) is 22.1 Å². The van der Waals surface area contributed by atoms with E-state index in [-0.39, 0.29) is 16.0 Å². The predicted octanol–water partition coefficient (Wildman–Crippen LogP) is 3.17. The number of ether oxygens (including phenoxy) is 1. The Kier molecular flexibility index (Phi) is 6.52. The van der Waals surface area contributed by atoms with E-state index in [0.29, 0.717) is 27.7 Å². The highest BCUT2D eigenvalue weighted by Crippen LogP contribution is 2.43. The molecule has 0 radical (unpaired) electrons. The smallest absolute Gasteiger partial charge is 0.323 e. The molecule has 1 saturated heterocycles. The maximum Gasteiger partial charge on any atom is 0.323 e. The zero-order valence-corrected chi connectivity index (χ0v) is 17.2. The van der Waals surface area contributed by atoms with Crippen molar-refractivity contribution in [3.8, 4) is 11.5 Å². The molecule has 1 unspecified atom stereocenters. The number of benzene rings is 1. The number of nitrogens with zero attached hydrogens (tertiary/aromatic N) is 1. The molecule has 1 heterocycles. The molecular formula is C14H13Br2NO5S2. The van der Waals surface area contributed by atoms with Crippen LogP contribution in [0.2, 0.25) is 0 Å². The van der Waals surface area contributed by atoms with Crippen LogP contribution < -0.4 is 4.74 Å². The number of carboxylic acids is 1. The number of hydrogen-bond donors (Lipinski definition) is 2. The van der Waals surface area contributed by atoms with E-state index in [1.807, 2.05) is 0 Å². The SMILES string of the molecule is CCOc1cc(CC2SC(=S)N(CC(=O)O)C2=O)c(Br)c(Br)c1O. The van der Waals surface area contributed by atoms with Crippen LogP contribution in [0.25, 0.3) is 0 Å². The second-order valence-corrected chi connectivity index (χ2v) is 8.26. The number of carbonyl (C=O) groups excluding carboxylic acids is 1. The van der Waals surface area contributed by atoms with E-state index in [0.717, 1.165) is 22.2 Å². The lowest BCUT2D eigenvalue weighted by Gasteiger charge is -2.15. The summed E-state index contributed by atoms with van der Waals surface area (Å²) >= 11 is 12.9. The maximum atomic E-state index is 12.4. The second-order valence-electron chi connectivity index (χ2n) is 4.84. The quantitative estimate of drug-likeness (QED) is 0.582. The first-order chi connectivity index (χ1) is 11.3. The molecule has 1 aromatic carbocycles. The van der Waals surface area contributed by atoms with Crippen molar-refractivity contribution in [1.82, 2.24) is 4.90 Å². The molecule has 0 bridgehead atoms. The van der Waals surface area contributed by atoms with Crippen molar-refractivity contribution in [2.24, 2.45) is 0 Å². The highest BCUT2D eigenvalue weighted by Gasteiger charge is 2.38. The lowest BCUT2D eigenvalue weighted by molar-refractivity contribution is -0.141. The molecule has 1 aromatic rings. The Balaban J connectivity index is 2.27. The number of aromatic hydroxyl groups is 1. The van der Waals surface area contributed by atoms with Gasteiger partial charge in [0.2, 0.25) is 5.91 Å². The van der Waals surface area contributed by atoms with Gasteiger partial charge in [-0.3, -0.25) is 14.5 Å². The van der Waals surface area contributed by atoms with Gasteiger partial charge in [0.15, 0.2) is 11.5 Å². The molecule has 0 spiro atoms. The Bertz CT molecular complexity index is 713. The number of phenols is 1. The largest absolute Gasteiger partial charge is 0.503 e. The van der Waals surface area contributed by atoms with Crippen LogP contribution in [0, 0.1) is 0 Å². The Morgan fingerprint density at radius 3 is 2.71 bits per heavy atom. The Hall–Kier alpha value is -0.840. The van der Waals surface area contributed by atoms with E-state index in [1.165, 1.54) is 0 Å².